The van der Waals surface area contributed by atoms with E-state index in [9.17, 15) is 4.79 Å². The third-order valence-electron chi connectivity index (χ3n) is 2.78. The van der Waals surface area contributed by atoms with Crippen LogP contribution in [0.2, 0.25) is 0 Å². The maximum absolute atomic E-state index is 11.7. The van der Waals surface area contributed by atoms with E-state index in [1.54, 1.807) is 6.92 Å². The van der Waals surface area contributed by atoms with Gasteiger partial charge in [-0.05, 0) is 24.5 Å². The molecule has 1 atom stereocenters. The Morgan fingerprint density at radius 2 is 2.07 bits per heavy atom. The summed E-state index contributed by atoms with van der Waals surface area (Å²) in [4.78, 5) is 13.5. The highest BCUT2D eigenvalue weighted by molar-refractivity contribution is 6.30. The van der Waals surface area contributed by atoms with Crippen molar-refractivity contribution < 1.29 is 4.79 Å². The van der Waals surface area contributed by atoms with Gasteiger partial charge in [-0.15, -0.1) is 11.6 Å². The molecule has 1 unspecified atom stereocenters. The van der Waals surface area contributed by atoms with Crippen molar-refractivity contribution in [3.63, 3.8) is 0 Å². The van der Waals surface area contributed by atoms with Crippen LogP contribution in [-0.4, -0.2) is 22.7 Å². The average Bonchev–Trinajstić information content (AvgIpc) is 2.27. The van der Waals surface area contributed by atoms with Gasteiger partial charge in [-0.25, -0.2) is 0 Å². The summed E-state index contributed by atoms with van der Waals surface area (Å²) in [6, 6.07) is 8.26. The molecule has 0 fully saturated rings. The summed E-state index contributed by atoms with van der Waals surface area (Å²) in [6.45, 7) is 3.21. The second-order valence-electron chi connectivity index (χ2n) is 3.89. The van der Waals surface area contributed by atoms with Crippen LogP contribution in [0.4, 0.5) is 0 Å². The Morgan fingerprint density at radius 3 is 2.73 bits per heavy atom. The number of benzene rings is 1. The van der Waals surface area contributed by atoms with Crippen molar-refractivity contribution >= 4 is 17.5 Å². The quantitative estimate of drug-likeness (QED) is 0.669. The number of hydrogen-bond acceptors (Lipinski definition) is 1. The van der Waals surface area contributed by atoms with E-state index in [1.165, 1.54) is 11.1 Å². The summed E-state index contributed by atoms with van der Waals surface area (Å²) in [7, 11) is 0. The van der Waals surface area contributed by atoms with Crippen molar-refractivity contribution in [3.05, 3.63) is 35.4 Å². The molecule has 15 heavy (non-hydrogen) atoms. The maximum Gasteiger partial charge on any atom is 0.240 e. The first-order chi connectivity index (χ1) is 7.18. The molecule has 1 aromatic carbocycles. The van der Waals surface area contributed by atoms with Gasteiger partial charge in [0.1, 0.15) is 5.38 Å². The monoisotopic (exact) mass is 223 g/mol. The molecule has 1 aliphatic heterocycles. The first-order valence-electron chi connectivity index (χ1n) is 5.18. The van der Waals surface area contributed by atoms with Gasteiger partial charge in [0.05, 0.1) is 0 Å². The molecule has 3 heteroatoms. The van der Waals surface area contributed by atoms with Gasteiger partial charge >= 0.3 is 0 Å². The Hall–Kier alpha value is -1.02. The molecule has 0 spiro atoms. The molecule has 0 radical (unpaired) electrons. The van der Waals surface area contributed by atoms with E-state index in [0.29, 0.717) is 6.54 Å². The average molecular weight is 224 g/mol. The van der Waals surface area contributed by atoms with E-state index in [0.717, 1.165) is 13.0 Å². The number of fused-ring (bicyclic) bond motifs is 1. The molecule has 0 bridgehead atoms. The predicted octanol–water partition coefficient (Wildman–Crippen LogP) is 2.20. The van der Waals surface area contributed by atoms with Crippen molar-refractivity contribution in [2.24, 2.45) is 0 Å². The van der Waals surface area contributed by atoms with Gasteiger partial charge in [-0.3, -0.25) is 4.79 Å². The smallest absolute Gasteiger partial charge is 0.240 e. The van der Waals surface area contributed by atoms with Gasteiger partial charge in [0, 0.05) is 13.1 Å². The second kappa shape index (κ2) is 4.23. The Labute approximate surface area is 94.8 Å². The fourth-order valence-electron chi connectivity index (χ4n) is 1.94. The van der Waals surface area contributed by atoms with E-state index < -0.39 is 5.38 Å². The lowest BCUT2D eigenvalue weighted by molar-refractivity contribution is -0.131. The molecule has 1 aliphatic rings. The third kappa shape index (κ3) is 2.15. The number of amides is 1. The molecule has 0 aliphatic carbocycles. The lowest BCUT2D eigenvalue weighted by Crippen LogP contribution is -2.39. The molecule has 0 N–H and O–H groups in total. The van der Waals surface area contributed by atoms with Crippen LogP contribution in [0.25, 0.3) is 0 Å². The summed E-state index contributed by atoms with van der Waals surface area (Å²) >= 11 is 5.80. The summed E-state index contributed by atoms with van der Waals surface area (Å²) in [5.74, 6) is 0.0335. The minimum atomic E-state index is -0.421. The zero-order valence-corrected chi connectivity index (χ0v) is 9.50. The van der Waals surface area contributed by atoms with Crippen LogP contribution in [0.1, 0.15) is 18.1 Å². The minimum Gasteiger partial charge on any atom is -0.337 e. The fourth-order valence-corrected chi connectivity index (χ4v) is 2.07. The van der Waals surface area contributed by atoms with Crippen LogP contribution in [-0.2, 0) is 17.8 Å². The normalized spacial score (nSPS) is 17.1. The number of alkyl halides is 1. The molecule has 80 valence electrons. The lowest BCUT2D eigenvalue weighted by atomic mass is 10.00. The fraction of sp³-hybridized carbons (Fsp3) is 0.417. The van der Waals surface area contributed by atoms with Gasteiger partial charge < -0.3 is 4.90 Å². The van der Waals surface area contributed by atoms with Gasteiger partial charge in [0.2, 0.25) is 5.91 Å². The number of nitrogens with zero attached hydrogens (tertiary/aromatic N) is 1. The van der Waals surface area contributed by atoms with Crippen LogP contribution in [0.5, 0.6) is 0 Å². The number of halogens is 1. The van der Waals surface area contributed by atoms with E-state index >= 15 is 0 Å². The van der Waals surface area contributed by atoms with Gasteiger partial charge in [0.25, 0.3) is 0 Å². The summed E-state index contributed by atoms with van der Waals surface area (Å²) in [5.41, 5.74) is 2.60. The van der Waals surface area contributed by atoms with Crippen molar-refractivity contribution in [1.29, 1.82) is 0 Å². The van der Waals surface area contributed by atoms with E-state index in [-0.39, 0.29) is 5.91 Å². The van der Waals surface area contributed by atoms with Crippen LogP contribution in [0.3, 0.4) is 0 Å². The number of carbonyl (C=O) groups is 1. The van der Waals surface area contributed by atoms with Crippen LogP contribution >= 0.6 is 11.6 Å². The standard InChI is InChI=1S/C12H14ClNO/c1-9(13)12(15)14-7-6-10-4-2-3-5-11(10)8-14/h2-5,9H,6-8H2,1H3. The molecular formula is C12H14ClNO. The van der Waals surface area contributed by atoms with E-state index in [1.807, 2.05) is 17.0 Å². The van der Waals surface area contributed by atoms with Crippen LogP contribution < -0.4 is 0 Å². The van der Waals surface area contributed by atoms with E-state index in [4.69, 9.17) is 11.6 Å². The largest absolute Gasteiger partial charge is 0.337 e. The predicted molar refractivity (Wildman–Crippen MR) is 60.9 cm³/mol. The zero-order valence-electron chi connectivity index (χ0n) is 8.74. The topological polar surface area (TPSA) is 20.3 Å². The highest BCUT2D eigenvalue weighted by Crippen LogP contribution is 2.19. The molecule has 0 aromatic heterocycles. The molecule has 2 nitrogen and oxygen atoms in total. The second-order valence-corrected chi connectivity index (χ2v) is 4.55. The summed E-state index contributed by atoms with van der Waals surface area (Å²) < 4.78 is 0. The third-order valence-corrected chi connectivity index (χ3v) is 2.97. The SMILES string of the molecule is CC(Cl)C(=O)N1CCc2ccccc2C1. The minimum absolute atomic E-state index is 0.0335. The first kappa shape index (κ1) is 10.5. The summed E-state index contributed by atoms with van der Waals surface area (Å²) in [5, 5.41) is -0.421. The van der Waals surface area contributed by atoms with Crippen molar-refractivity contribution in [2.75, 3.05) is 6.54 Å². The van der Waals surface area contributed by atoms with E-state index in [2.05, 4.69) is 12.1 Å². The molecular weight excluding hydrogens is 210 g/mol. The Bertz CT molecular complexity index is 376. The van der Waals surface area contributed by atoms with Crippen molar-refractivity contribution in [2.45, 2.75) is 25.3 Å². The van der Waals surface area contributed by atoms with Gasteiger partial charge in [0.15, 0.2) is 0 Å². The lowest BCUT2D eigenvalue weighted by Gasteiger charge is -2.29. The number of carbonyl (C=O) groups excluding carboxylic acids is 1. The van der Waals surface area contributed by atoms with Gasteiger partial charge in [-0.2, -0.15) is 0 Å². The van der Waals surface area contributed by atoms with Crippen LogP contribution in [0, 0.1) is 0 Å². The highest BCUT2D eigenvalue weighted by Gasteiger charge is 2.22. The Balaban J connectivity index is 2.15. The van der Waals surface area contributed by atoms with Gasteiger partial charge in [-0.1, -0.05) is 24.3 Å². The number of hydrogen-bond donors (Lipinski definition) is 0. The summed E-state index contributed by atoms with van der Waals surface area (Å²) in [6.07, 6.45) is 0.936. The number of rotatable bonds is 1. The van der Waals surface area contributed by atoms with Crippen molar-refractivity contribution in [3.8, 4) is 0 Å². The zero-order chi connectivity index (χ0) is 10.8. The Kier molecular flexibility index (Phi) is 2.96. The molecule has 2 rings (SSSR count). The molecule has 0 saturated heterocycles. The first-order valence-corrected chi connectivity index (χ1v) is 5.62. The molecule has 1 heterocycles. The Morgan fingerprint density at radius 1 is 1.40 bits per heavy atom. The molecule has 1 amide bonds. The van der Waals surface area contributed by atoms with Crippen molar-refractivity contribution in [1.82, 2.24) is 4.90 Å². The highest BCUT2D eigenvalue weighted by atomic mass is 35.5. The van der Waals surface area contributed by atoms with Crippen LogP contribution in [0.15, 0.2) is 24.3 Å². The molecule has 1 aromatic rings. The molecule has 0 saturated carbocycles. The maximum atomic E-state index is 11.7.